The molecule has 1 saturated carbocycles. The lowest BCUT2D eigenvalue weighted by Crippen LogP contribution is -2.46. The molecule has 4 rings (SSSR count). The molecule has 6 heteroatoms. The molecule has 1 heterocycles. The normalized spacial score (nSPS) is 20.2. The molecule has 1 N–H and O–H groups in total. The van der Waals surface area contributed by atoms with E-state index in [2.05, 4.69) is 11.4 Å². The fourth-order valence-electron chi connectivity index (χ4n) is 4.29. The minimum absolute atomic E-state index is 0.0589. The molecule has 0 spiro atoms. The highest BCUT2D eigenvalue weighted by molar-refractivity contribution is 5.75. The van der Waals surface area contributed by atoms with E-state index in [1.807, 2.05) is 18.2 Å². The first kappa shape index (κ1) is 19.7. The average molecular weight is 400 g/mol. The zero-order chi connectivity index (χ0) is 20.4. The monoisotopic (exact) mass is 400 g/mol. The van der Waals surface area contributed by atoms with E-state index < -0.39 is 11.6 Å². The van der Waals surface area contributed by atoms with Gasteiger partial charge in [0.05, 0.1) is 13.2 Å². The number of carbonyl (C=O) groups is 1. The van der Waals surface area contributed by atoms with Gasteiger partial charge in [0, 0.05) is 30.1 Å². The van der Waals surface area contributed by atoms with Crippen LogP contribution in [0.4, 0.5) is 13.6 Å². The zero-order valence-corrected chi connectivity index (χ0v) is 16.6. The van der Waals surface area contributed by atoms with Gasteiger partial charge in [-0.25, -0.2) is 13.6 Å². The third kappa shape index (κ3) is 4.07. The van der Waals surface area contributed by atoms with E-state index in [9.17, 15) is 13.6 Å². The molecule has 2 amide bonds. The average Bonchev–Trinajstić information content (AvgIpc) is 3.53. The molecule has 0 radical (unpaired) electrons. The quantitative estimate of drug-likeness (QED) is 0.772. The first-order valence-electron chi connectivity index (χ1n) is 10.2. The number of carbonyl (C=O) groups excluding carboxylic acids is 1. The molecular weight excluding hydrogens is 374 g/mol. The second-order valence-corrected chi connectivity index (χ2v) is 8.04. The van der Waals surface area contributed by atoms with E-state index in [1.165, 1.54) is 12.1 Å². The lowest BCUT2D eigenvalue weighted by Gasteiger charge is -2.36. The standard InChI is InChI=1S/C23H26F2N2O2/c1-29-18-6-4-5-16(13-18)23(10-11-23)15-26-22(28)27-12-3-2-7-21(27)19-9-8-17(24)14-20(19)25/h4-6,8-9,13-14,21H,2-3,7,10-12,15H2,1H3,(H,26,28). The number of amides is 2. The Morgan fingerprint density at radius 2 is 2.03 bits per heavy atom. The summed E-state index contributed by atoms with van der Waals surface area (Å²) in [5.74, 6) is -0.389. The van der Waals surface area contributed by atoms with Crippen LogP contribution in [0.5, 0.6) is 5.75 Å². The van der Waals surface area contributed by atoms with Crippen LogP contribution in [0.1, 0.15) is 49.3 Å². The topological polar surface area (TPSA) is 41.6 Å². The maximum Gasteiger partial charge on any atom is 0.317 e. The van der Waals surface area contributed by atoms with Gasteiger partial charge in [-0.1, -0.05) is 18.2 Å². The van der Waals surface area contributed by atoms with E-state index in [1.54, 1.807) is 12.0 Å². The van der Waals surface area contributed by atoms with Crippen molar-refractivity contribution in [2.45, 2.75) is 43.6 Å². The van der Waals surface area contributed by atoms with Crippen LogP contribution in [-0.2, 0) is 5.41 Å². The van der Waals surface area contributed by atoms with Gasteiger partial charge < -0.3 is 15.0 Å². The van der Waals surface area contributed by atoms with Gasteiger partial charge in [0.25, 0.3) is 0 Å². The number of urea groups is 1. The van der Waals surface area contributed by atoms with Crippen molar-refractivity contribution in [3.05, 3.63) is 65.2 Å². The molecule has 29 heavy (non-hydrogen) atoms. The lowest BCUT2D eigenvalue weighted by molar-refractivity contribution is 0.149. The Kier molecular flexibility index (Phi) is 5.43. The molecule has 2 fully saturated rings. The van der Waals surface area contributed by atoms with Crippen molar-refractivity contribution in [2.24, 2.45) is 0 Å². The number of ether oxygens (including phenoxy) is 1. The van der Waals surface area contributed by atoms with Crippen molar-refractivity contribution in [1.29, 1.82) is 0 Å². The largest absolute Gasteiger partial charge is 0.497 e. The number of halogens is 2. The summed E-state index contributed by atoms with van der Waals surface area (Å²) in [7, 11) is 1.64. The summed E-state index contributed by atoms with van der Waals surface area (Å²) >= 11 is 0. The van der Waals surface area contributed by atoms with Gasteiger partial charge in [0.15, 0.2) is 0 Å². The number of hydrogen-bond acceptors (Lipinski definition) is 2. The van der Waals surface area contributed by atoms with Crippen molar-refractivity contribution in [3.63, 3.8) is 0 Å². The van der Waals surface area contributed by atoms with Crippen LogP contribution in [-0.4, -0.2) is 31.1 Å². The highest BCUT2D eigenvalue weighted by atomic mass is 19.1. The highest BCUT2D eigenvalue weighted by Gasteiger charge is 2.45. The van der Waals surface area contributed by atoms with Crippen LogP contribution < -0.4 is 10.1 Å². The summed E-state index contributed by atoms with van der Waals surface area (Å²) in [5.41, 5.74) is 1.49. The minimum atomic E-state index is -0.605. The fraction of sp³-hybridized carbons (Fsp3) is 0.435. The minimum Gasteiger partial charge on any atom is -0.497 e. The van der Waals surface area contributed by atoms with Gasteiger partial charge in [0.2, 0.25) is 0 Å². The molecule has 1 aliphatic heterocycles. The maximum absolute atomic E-state index is 14.3. The van der Waals surface area contributed by atoms with Crippen LogP contribution in [0, 0.1) is 11.6 Å². The zero-order valence-electron chi connectivity index (χ0n) is 16.6. The number of rotatable bonds is 5. The molecule has 2 aromatic carbocycles. The van der Waals surface area contributed by atoms with Gasteiger partial charge in [0.1, 0.15) is 17.4 Å². The van der Waals surface area contributed by atoms with E-state index >= 15 is 0 Å². The summed E-state index contributed by atoms with van der Waals surface area (Å²) in [5, 5.41) is 3.07. The van der Waals surface area contributed by atoms with Crippen molar-refractivity contribution in [1.82, 2.24) is 10.2 Å². The number of nitrogens with one attached hydrogen (secondary N) is 1. The predicted octanol–water partition coefficient (Wildman–Crippen LogP) is 4.94. The number of piperidine rings is 1. The molecular formula is C23H26F2N2O2. The fourth-order valence-corrected chi connectivity index (χ4v) is 4.29. The molecule has 154 valence electrons. The Labute approximate surface area is 169 Å². The smallest absolute Gasteiger partial charge is 0.317 e. The van der Waals surface area contributed by atoms with Crippen molar-refractivity contribution in [2.75, 3.05) is 20.2 Å². The molecule has 2 aliphatic rings. The SMILES string of the molecule is COc1cccc(C2(CNC(=O)N3CCCCC3c3ccc(F)cc3F)CC2)c1. The first-order chi connectivity index (χ1) is 14.0. The van der Waals surface area contributed by atoms with E-state index in [-0.39, 0.29) is 17.5 Å². The molecule has 0 aromatic heterocycles. The Morgan fingerprint density at radius 1 is 1.21 bits per heavy atom. The Morgan fingerprint density at radius 3 is 2.76 bits per heavy atom. The number of likely N-dealkylation sites (tertiary alicyclic amines) is 1. The third-order valence-electron chi connectivity index (χ3n) is 6.20. The van der Waals surface area contributed by atoms with E-state index in [0.717, 1.165) is 43.1 Å². The Hall–Kier alpha value is -2.63. The van der Waals surface area contributed by atoms with Gasteiger partial charge >= 0.3 is 6.03 Å². The number of methoxy groups -OCH3 is 1. The molecule has 2 aromatic rings. The van der Waals surface area contributed by atoms with Gasteiger partial charge in [-0.3, -0.25) is 0 Å². The Balaban J connectivity index is 1.46. The first-order valence-corrected chi connectivity index (χ1v) is 10.2. The summed E-state index contributed by atoms with van der Waals surface area (Å²) in [6, 6.07) is 11.0. The number of hydrogen-bond donors (Lipinski definition) is 1. The molecule has 1 saturated heterocycles. The van der Waals surface area contributed by atoms with Crippen molar-refractivity contribution < 1.29 is 18.3 Å². The summed E-state index contributed by atoms with van der Waals surface area (Å²) in [4.78, 5) is 14.7. The summed E-state index contributed by atoms with van der Waals surface area (Å²) in [6.07, 6.45) is 4.50. The maximum atomic E-state index is 14.3. The van der Waals surface area contributed by atoms with Crippen molar-refractivity contribution in [3.8, 4) is 5.75 Å². The van der Waals surface area contributed by atoms with E-state index in [0.29, 0.717) is 25.1 Å². The summed E-state index contributed by atoms with van der Waals surface area (Å²) in [6.45, 7) is 1.10. The molecule has 1 atom stereocenters. The van der Waals surface area contributed by atoms with Crippen LogP contribution in [0.3, 0.4) is 0 Å². The van der Waals surface area contributed by atoms with Crippen molar-refractivity contribution >= 4 is 6.03 Å². The molecule has 1 aliphatic carbocycles. The number of benzene rings is 2. The molecule has 1 unspecified atom stereocenters. The van der Waals surface area contributed by atoms with Crippen LogP contribution in [0.25, 0.3) is 0 Å². The predicted molar refractivity (Wildman–Crippen MR) is 107 cm³/mol. The van der Waals surface area contributed by atoms with Crippen LogP contribution in [0.15, 0.2) is 42.5 Å². The second-order valence-electron chi connectivity index (χ2n) is 8.04. The highest BCUT2D eigenvalue weighted by Crippen LogP contribution is 2.48. The molecule has 4 nitrogen and oxygen atoms in total. The van der Waals surface area contributed by atoms with Crippen LogP contribution >= 0.6 is 0 Å². The molecule has 0 bridgehead atoms. The van der Waals surface area contributed by atoms with Gasteiger partial charge in [-0.15, -0.1) is 0 Å². The Bertz CT molecular complexity index is 898. The summed E-state index contributed by atoms with van der Waals surface area (Å²) < 4.78 is 33.0. The second kappa shape index (κ2) is 8.01. The lowest BCUT2D eigenvalue weighted by atomic mass is 9.94. The van der Waals surface area contributed by atoms with E-state index in [4.69, 9.17) is 4.74 Å². The van der Waals surface area contributed by atoms with Gasteiger partial charge in [-0.2, -0.15) is 0 Å². The third-order valence-corrected chi connectivity index (χ3v) is 6.20. The van der Waals surface area contributed by atoms with Crippen LogP contribution in [0.2, 0.25) is 0 Å². The van der Waals surface area contributed by atoms with Gasteiger partial charge in [-0.05, 0) is 55.9 Å². The number of nitrogens with zero attached hydrogens (tertiary/aromatic N) is 1.